The van der Waals surface area contributed by atoms with Gasteiger partial charge in [0.15, 0.2) is 0 Å². The van der Waals surface area contributed by atoms with Crippen molar-refractivity contribution >= 4 is 24.6 Å². The molecule has 9 heteroatoms. The third-order valence-electron chi connectivity index (χ3n) is 7.03. The normalized spacial score (nSPS) is 12.0. The van der Waals surface area contributed by atoms with Gasteiger partial charge in [-0.15, -0.1) is 0 Å². The molecular weight excluding hydrogens is 516 g/mol. The van der Waals surface area contributed by atoms with Gasteiger partial charge in [0, 0.05) is 38.2 Å². The number of hydrogen-bond donors (Lipinski definition) is 1. The minimum atomic E-state index is -1.16. The molecule has 0 amide bonds. The van der Waals surface area contributed by atoms with E-state index in [4.69, 9.17) is 14.9 Å². The summed E-state index contributed by atoms with van der Waals surface area (Å²) < 4.78 is 9.14. The summed E-state index contributed by atoms with van der Waals surface area (Å²) in [6, 6.07) is 22.8. The second kappa shape index (κ2) is 10.3. The number of fused-ring (bicyclic) bond motifs is 2. The van der Waals surface area contributed by atoms with E-state index < -0.39 is 8.07 Å². The molecule has 4 aromatic heterocycles. The lowest BCUT2D eigenvalue weighted by Crippen LogP contribution is -2.22. The first-order valence-electron chi connectivity index (χ1n) is 13.5. The largest absolute Gasteiger partial charge is 0.360 e. The van der Waals surface area contributed by atoms with Crippen LogP contribution in [-0.4, -0.2) is 44.0 Å². The summed E-state index contributed by atoms with van der Waals surface area (Å²) >= 11 is 0. The van der Waals surface area contributed by atoms with Crippen LogP contribution in [0.15, 0.2) is 83.9 Å². The Morgan fingerprint density at radius 3 is 2.55 bits per heavy atom. The number of aromatic nitrogens is 6. The molecule has 0 unspecified atom stereocenters. The van der Waals surface area contributed by atoms with E-state index in [1.165, 1.54) is 4.52 Å². The highest BCUT2D eigenvalue weighted by Crippen LogP contribution is 2.34. The van der Waals surface area contributed by atoms with Crippen molar-refractivity contribution in [3.05, 3.63) is 95.2 Å². The summed E-state index contributed by atoms with van der Waals surface area (Å²) in [7, 11) is -1.16. The summed E-state index contributed by atoms with van der Waals surface area (Å²) in [5.41, 5.74) is 6.60. The molecule has 4 heterocycles. The molecule has 0 spiro atoms. The van der Waals surface area contributed by atoms with Gasteiger partial charge in [0.05, 0.1) is 16.6 Å². The lowest BCUT2D eigenvalue weighted by Gasteiger charge is -2.15. The zero-order chi connectivity index (χ0) is 27.9. The van der Waals surface area contributed by atoms with Gasteiger partial charge in [0.1, 0.15) is 23.8 Å². The highest BCUT2D eigenvalue weighted by Gasteiger charge is 2.23. The topological polar surface area (TPSA) is 90.1 Å². The van der Waals surface area contributed by atoms with Gasteiger partial charge in [0.2, 0.25) is 0 Å². The number of pyridine rings is 1. The number of rotatable bonds is 8. The van der Waals surface area contributed by atoms with Gasteiger partial charge in [0.25, 0.3) is 5.56 Å². The van der Waals surface area contributed by atoms with Crippen LogP contribution in [0.25, 0.3) is 50.2 Å². The first-order chi connectivity index (χ1) is 19.3. The maximum atomic E-state index is 14.0. The van der Waals surface area contributed by atoms with Crippen LogP contribution in [0.5, 0.6) is 0 Å². The molecule has 1 N–H and O–H groups in total. The summed E-state index contributed by atoms with van der Waals surface area (Å²) in [5, 5.41) is 10.6. The van der Waals surface area contributed by atoms with E-state index in [2.05, 4.69) is 29.6 Å². The molecule has 0 saturated carbocycles. The fourth-order valence-corrected chi connectivity index (χ4v) is 5.67. The van der Waals surface area contributed by atoms with Gasteiger partial charge in [-0.05, 0) is 48.4 Å². The minimum absolute atomic E-state index is 0.188. The maximum Gasteiger partial charge on any atom is 0.282 e. The number of H-pyrrole nitrogens is 1. The number of nitrogens with zero attached hydrogens (tertiary/aromatic N) is 5. The Morgan fingerprint density at radius 1 is 0.925 bits per heavy atom. The van der Waals surface area contributed by atoms with Crippen LogP contribution >= 0.6 is 0 Å². The summed E-state index contributed by atoms with van der Waals surface area (Å²) in [6.07, 6.45) is 3.66. The number of ether oxygens (including phenoxy) is 1. The fraction of sp³-hybridized carbons (Fsp3) is 0.226. The summed E-state index contributed by atoms with van der Waals surface area (Å²) in [5.74, 6) is 0. The van der Waals surface area contributed by atoms with E-state index in [0.29, 0.717) is 29.3 Å². The number of aryl methyl sites for hydroxylation is 1. The average Bonchev–Trinajstić information content (AvgIpc) is 3.56. The zero-order valence-corrected chi connectivity index (χ0v) is 24.2. The summed E-state index contributed by atoms with van der Waals surface area (Å²) in [6.45, 7) is 10.0. The van der Waals surface area contributed by atoms with E-state index in [9.17, 15) is 4.79 Å². The van der Waals surface area contributed by atoms with Crippen LogP contribution in [-0.2, 0) is 11.5 Å². The Kier molecular flexibility index (Phi) is 6.69. The molecule has 8 nitrogen and oxygen atoms in total. The molecule has 0 atom stereocenters. The maximum absolute atomic E-state index is 14.0. The third kappa shape index (κ3) is 5.01. The van der Waals surface area contributed by atoms with Crippen molar-refractivity contribution in [2.24, 2.45) is 0 Å². The smallest absolute Gasteiger partial charge is 0.282 e. The first kappa shape index (κ1) is 25.9. The first-order valence-corrected chi connectivity index (χ1v) is 17.2. The van der Waals surface area contributed by atoms with Crippen LogP contribution in [0.3, 0.4) is 0 Å². The van der Waals surface area contributed by atoms with E-state index in [1.54, 1.807) is 10.9 Å². The number of nitrogens with one attached hydrogen (secondary N) is 1. The van der Waals surface area contributed by atoms with E-state index in [0.717, 1.165) is 45.9 Å². The lowest BCUT2D eigenvalue weighted by atomic mass is 10.0. The van der Waals surface area contributed by atoms with Gasteiger partial charge in [-0.1, -0.05) is 62.1 Å². The van der Waals surface area contributed by atoms with Crippen molar-refractivity contribution in [1.29, 1.82) is 0 Å². The Balaban J connectivity index is 1.45. The standard InChI is InChI=1S/C31H32N6O2Si/c1-21-27(24-12-13-25-23(19-24)11-8-15-32-25)31(38)37-30(33-21)28(22-9-6-5-7-10-22)29(35-37)26-14-16-36(34-26)20-39-17-18-40(2,3)4/h5-16,19,33H,17-18,20H2,1-4H3. The third-order valence-corrected chi connectivity index (χ3v) is 8.73. The number of benzene rings is 2. The van der Waals surface area contributed by atoms with E-state index in [-0.39, 0.29) is 5.56 Å². The highest BCUT2D eigenvalue weighted by atomic mass is 28.3. The molecule has 0 aliphatic heterocycles. The average molecular weight is 549 g/mol. The molecule has 6 rings (SSSR count). The van der Waals surface area contributed by atoms with Crippen molar-refractivity contribution in [3.63, 3.8) is 0 Å². The highest BCUT2D eigenvalue weighted by molar-refractivity contribution is 6.76. The van der Waals surface area contributed by atoms with Gasteiger partial charge in [-0.2, -0.15) is 14.7 Å². The predicted molar refractivity (Wildman–Crippen MR) is 162 cm³/mol. The van der Waals surface area contributed by atoms with Gasteiger partial charge in [-0.3, -0.25) is 9.78 Å². The van der Waals surface area contributed by atoms with Crippen molar-refractivity contribution in [3.8, 4) is 33.6 Å². The molecule has 40 heavy (non-hydrogen) atoms. The molecule has 202 valence electrons. The predicted octanol–water partition coefficient (Wildman–Crippen LogP) is 6.39. The monoisotopic (exact) mass is 548 g/mol. The molecular formula is C31H32N6O2Si. The molecule has 2 aromatic carbocycles. The van der Waals surface area contributed by atoms with Gasteiger partial charge >= 0.3 is 0 Å². The molecule has 6 aromatic rings. The van der Waals surface area contributed by atoms with E-state index in [1.807, 2.05) is 79.9 Å². The van der Waals surface area contributed by atoms with E-state index >= 15 is 0 Å². The Labute approximate surface area is 233 Å². The van der Waals surface area contributed by atoms with Crippen molar-refractivity contribution in [1.82, 2.24) is 29.4 Å². The lowest BCUT2D eigenvalue weighted by molar-refractivity contribution is 0.0787. The summed E-state index contributed by atoms with van der Waals surface area (Å²) in [4.78, 5) is 21.9. The van der Waals surface area contributed by atoms with Crippen LogP contribution in [0, 0.1) is 6.92 Å². The number of aromatic amines is 1. The van der Waals surface area contributed by atoms with Gasteiger partial charge in [-0.25, -0.2) is 4.68 Å². The van der Waals surface area contributed by atoms with Crippen LogP contribution in [0.1, 0.15) is 5.69 Å². The second-order valence-corrected chi connectivity index (χ2v) is 16.9. The molecule has 0 fully saturated rings. The van der Waals surface area contributed by atoms with Crippen molar-refractivity contribution in [2.45, 2.75) is 39.3 Å². The molecule has 0 radical (unpaired) electrons. The minimum Gasteiger partial charge on any atom is -0.360 e. The van der Waals surface area contributed by atoms with Crippen molar-refractivity contribution < 1.29 is 4.74 Å². The van der Waals surface area contributed by atoms with Gasteiger partial charge < -0.3 is 9.72 Å². The van der Waals surface area contributed by atoms with Crippen LogP contribution < -0.4 is 5.56 Å². The number of hydrogen-bond acceptors (Lipinski definition) is 5. The SMILES string of the molecule is Cc1[nH]c2c(-c3ccccc3)c(-c3ccn(COCC[Si](C)(C)C)n3)nn2c(=O)c1-c1ccc2ncccc2c1. The fourth-order valence-electron chi connectivity index (χ4n) is 4.91. The van der Waals surface area contributed by atoms with Crippen molar-refractivity contribution in [2.75, 3.05) is 6.61 Å². The van der Waals surface area contributed by atoms with Crippen LogP contribution in [0.2, 0.25) is 25.7 Å². The quantitative estimate of drug-likeness (QED) is 0.176. The van der Waals surface area contributed by atoms with Crippen LogP contribution in [0.4, 0.5) is 0 Å². The molecule has 0 aliphatic carbocycles. The zero-order valence-electron chi connectivity index (χ0n) is 23.2. The molecule has 0 bridgehead atoms. The molecule has 0 aliphatic rings. The Bertz CT molecular complexity index is 1880. The Morgan fingerprint density at radius 2 is 1.75 bits per heavy atom. The molecule has 0 saturated heterocycles. The Hall–Kier alpha value is -4.34. The second-order valence-electron chi connectivity index (χ2n) is 11.3.